The minimum absolute atomic E-state index is 0.149. The number of thioether (sulfide) groups is 1. The number of carbonyl (C=O) groups excluding carboxylic acids is 1. The van der Waals surface area contributed by atoms with Gasteiger partial charge in [0.25, 0.3) is 0 Å². The SMILES string of the molecule is CCSC(=O)[C@@H](C)[C@@H](O)C1CCCCC1. The second-order valence-electron chi connectivity index (χ2n) is 4.43. The van der Waals surface area contributed by atoms with Gasteiger partial charge in [-0.2, -0.15) is 0 Å². The van der Waals surface area contributed by atoms with Crippen LogP contribution in [0, 0.1) is 11.8 Å². The Bertz CT molecular complexity index is 200. The van der Waals surface area contributed by atoms with Crippen LogP contribution in [0.5, 0.6) is 0 Å². The highest BCUT2D eigenvalue weighted by Crippen LogP contribution is 2.30. The first-order chi connectivity index (χ1) is 7.16. The maximum Gasteiger partial charge on any atom is 0.194 e. The molecule has 0 amide bonds. The molecule has 0 aromatic rings. The van der Waals surface area contributed by atoms with E-state index in [9.17, 15) is 9.90 Å². The maximum atomic E-state index is 11.6. The number of rotatable bonds is 4. The molecule has 88 valence electrons. The third-order valence-electron chi connectivity index (χ3n) is 3.30. The Kier molecular flexibility index (Phi) is 5.69. The van der Waals surface area contributed by atoms with Gasteiger partial charge >= 0.3 is 0 Å². The van der Waals surface area contributed by atoms with Crippen LogP contribution in [-0.4, -0.2) is 22.1 Å². The summed E-state index contributed by atoms with van der Waals surface area (Å²) in [5.74, 6) is 0.966. The Balaban J connectivity index is 2.43. The summed E-state index contributed by atoms with van der Waals surface area (Å²) in [4.78, 5) is 11.6. The standard InChI is InChI=1S/C12H22O2S/c1-3-15-12(14)9(2)11(13)10-7-5-4-6-8-10/h9-11,13H,3-8H2,1-2H3/t9-,11+/m0/s1. The largest absolute Gasteiger partial charge is 0.392 e. The first-order valence-corrected chi connectivity index (χ1v) is 7.00. The highest BCUT2D eigenvalue weighted by atomic mass is 32.2. The summed E-state index contributed by atoms with van der Waals surface area (Å²) < 4.78 is 0. The van der Waals surface area contributed by atoms with E-state index in [2.05, 4.69) is 0 Å². The number of aliphatic hydroxyl groups is 1. The lowest BCUT2D eigenvalue weighted by molar-refractivity contribution is -0.118. The molecule has 0 aromatic heterocycles. The summed E-state index contributed by atoms with van der Waals surface area (Å²) in [6, 6.07) is 0. The summed E-state index contributed by atoms with van der Waals surface area (Å²) in [7, 11) is 0. The van der Waals surface area contributed by atoms with Gasteiger partial charge in [-0.05, 0) is 24.5 Å². The maximum absolute atomic E-state index is 11.6. The van der Waals surface area contributed by atoms with E-state index >= 15 is 0 Å². The molecule has 0 aromatic carbocycles. The first-order valence-electron chi connectivity index (χ1n) is 6.01. The van der Waals surface area contributed by atoms with Gasteiger partial charge in [-0.3, -0.25) is 4.79 Å². The van der Waals surface area contributed by atoms with Crippen LogP contribution in [0.3, 0.4) is 0 Å². The van der Waals surface area contributed by atoms with E-state index in [1.165, 1.54) is 31.0 Å². The summed E-state index contributed by atoms with van der Waals surface area (Å²) in [5, 5.41) is 10.3. The van der Waals surface area contributed by atoms with E-state index in [4.69, 9.17) is 0 Å². The van der Waals surface area contributed by atoms with Crippen LogP contribution in [0.15, 0.2) is 0 Å². The lowest BCUT2D eigenvalue weighted by Crippen LogP contribution is -2.32. The Morgan fingerprint density at radius 3 is 2.53 bits per heavy atom. The average Bonchev–Trinajstić information content (AvgIpc) is 2.28. The molecule has 2 atom stereocenters. The van der Waals surface area contributed by atoms with Crippen LogP contribution in [0.4, 0.5) is 0 Å². The predicted molar refractivity (Wildman–Crippen MR) is 64.9 cm³/mol. The lowest BCUT2D eigenvalue weighted by atomic mass is 9.81. The first kappa shape index (κ1) is 13.0. The molecule has 0 spiro atoms. The van der Waals surface area contributed by atoms with Crippen LogP contribution in [0.25, 0.3) is 0 Å². The van der Waals surface area contributed by atoms with E-state index in [-0.39, 0.29) is 11.0 Å². The molecule has 2 nitrogen and oxygen atoms in total. The molecule has 0 unspecified atom stereocenters. The third-order valence-corrected chi connectivity index (χ3v) is 4.25. The normalized spacial score (nSPS) is 22.3. The van der Waals surface area contributed by atoms with Crippen molar-refractivity contribution in [3.8, 4) is 0 Å². The van der Waals surface area contributed by atoms with Gasteiger partial charge in [0.2, 0.25) is 0 Å². The molecule has 1 fully saturated rings. The smallest absolute Gasteiger partial charge is 0.194 e. The fourth-order valence-electron chi connectivity index (χ4n) is 2.30. The molecule has 0 saturated heterocycles. The molecule has 15 heavy (non-hydrogen) atoms. The van der Waals surface area contributed by atoms with E-state index in [1.807, 2.05) is 13.8 Å². The summed E-state index contributed by atoms with van der Waals surface area (Å²) in [6.07, 6.45) is 5.48. The van der Waals surface area contributed by atoms with Crippen LogP contribution < -0.4 is 0 Å². The van der Waals surface area contributed by atoms with Gasteiger partial charge in [0.15, 0.2) is 5.12 Å². The quantitative estimate of drug-likeness (QED) is 0.807. The number of aliphatic hydroxyl groups excluding tert-OH is 1. The van der Waals surface area contributed by atoms with Crippen LogP contribution in [0.2, 0.25) is 0 Å². The Morgan fingerprint density at radius 2 is 2.00 bits per heavy atom. The predicted octanol–water partition coefficient (Wildman–Crippen LogP) is 2.84. The number of carbonyl (C=O) groups is 1. The van der Waals surface area contributed by atoms with Crippen molar-refractivity contribution in [3.63, 3.8) is 0 Å². The second kappa shape index (κ2) is 6.54. The Hall–Kier alpha value is -0.0200. The molecule has 1 saturated carbocycles. The van der Waals surface area contributed by atoms with Crippen molar-refractivity contribution in [2.75, 3.05) is 5.75 Å². The van der Waals surface area contributed by atoms with Gasteiger partial charge in [0.05, 0.1) is 12.0 Å². The van der Waals surface area contributed by atoms with Gasteiger partial charge in [-0.1, -0.05) is 44.9 Å². The van der Waals surface area contributed by atoms with Gasteiger partial charge < -0.3 is 5.11 Å². The Morgan fingerprint density at radius 1 is 1.40 bits per heavy atom. The molecule has 0 bridgehead atoms. The number of hydrogen-bond acceptors (Lipinski definition) is 3. The monoisotopic (exact) mass is 230 g/mol. The highest BCUT2D eigenvalue weighted by molar-refractivity contribution is 8.13. The minimum Gasteiger partial charge on any atom is -0.392 e. The van der Waals surface area contributed by atoms with Crippen molar-refractivity contribution < 1.29 is 9.90 Å². The van der Waals surface area contributed by atoms with Crippen molar-refractivity contribution in [3.05, 3.63) is 0 Å². The van der Waals surface area contributed by atoms with E-state index in [0.29, 0.717) is 5.92 Å². The molecule has 1 aliphatic rings. The van der Waals surface area contributed by atoms with Crippen LogP contribution in [0.1, 0.15) is 46.0 Å². The summed E-state index contributed by atoms with van der Waals surface area (Å²) >= 11 is 1.33. The molecule has 3 heteroatoms. The molecule has 0 heterocycles. The van der Waals surface area contributed by atoms with Gasteiger partial charge in [0, 0.05) is 0 Å². The highest BCUT2D eigenvalue weighted by Gasteiger charge is 2.29. The van der Waals surface area contributed by atoms with Gasteiger partial charge in [-0.15, -0.1) is 0 Å². The van der Waals surface area contributed by atoms with Crippen molar-refractivity contribution in [2.24, 2.45) is 11.8 Å². The van der Waals surface area contributed by atoms with E-state index in [0.717, 1.165) is 18.6 Å². The van der Waals surface area contributed by atoms with Crippen LogP contribution in [-0.2, 0) is 4.79 Å². The molecular weight excluding hydrogens is 208 g/mol. The minimum atomic E-state index is -0.420. The van der Waals surface area contributed by atoms with Gasteiger partial charge in [-0.25, -0.2) is 0 Å². The van der Waals surface area contributed by atoms with Crippen molar-refractivity contribution in [2.45, 2.75) is 52.1 Å². The van der Waals surface area contributed by atoms with E-state index < -0.39 is 6.10 Å². The summed E-state index contributed by atoms with van der Waals surface area (Å²) in [5.41, 5.74) is 0. The fourth-order valence-corrected chi connectivity index (χ4v) is 2.98. The Labute approximate surface area is 96.8 Å². The third kappa shape index (κ3) is 3.80. The zero-order chi connectivity index (χ0) is 11.3. The van der Waals surface area contributed by atoms with E-state index in [1.54, 1.807) is 0 Å². The molecular formula is C12H22O2S. The zero-order valence-corrected chi connectivity index (χ0v) is 10.6. The molecule has 0 aliphatic heterocycles. The van der Waals surface area contributed by atoms with Gasteiger partial charge in [0.1, 0.15) is 0 Å². The lowest BCUT2D eigenvalue weighted by Gasteiger charge is -2.29. The number of hydrogen-bond donors (Lipinski definition) is 1. The second-order valence-corrected chi connectivity index (χ2v) is 5.70. The van der Waals surface area contributed by atoms with Crippen molar-refractivity contribution >= 4 is 16.9 Å². The van der Waals surface area contributed by atoms with Crippen LogP contribution >= 0.6 is 11.8 Å². The average molecular weight is 230 g/mol. The van der Waals surface area contributed by atoms with Crippen molar-refractivity contribution in [1.82, 2.24) is 0 Å². The molecule has 0 radical (unpaired) electrons. The molecule has 1 aliphatic carbocycles. The molecule has 1 rings (SSSR count). The topological polar surface area (TPSA) is 37.3 Å². The zero-order valence-electron chi connectivity index (χ0n) is 9.74. The van der Waals surface area contributed by atoms with Crippen molar-refractivity contribution in [1.29, 1.82) is 0 Å². The summed E-state index contributed by atoms with van der Waals surface area (Å²) in [6.45, 7) is 3.84. The fraction of sp³-hybridized carbons (Fsp3) is 0.917. The molecule has 1 N–H and O–H groups in total.